The van der Waals surface area contributed by atoms with E-state index in [2.05, 4.69) is 11.1 Å². The molecule has 1 aromatic rings. The lowest BCUT2D eigenvalue weighted by Crippen LogP contribution is -1.86. The molecule has 0 N–H and O–H groups in total. The summed E-state index contributed by atoms with van der Waals surface area (Å²) >= 11 is 0. The van der Waals surface area contributed by atoms with Gasteiger partial charge in [0, 0.05) is 18.0 Å². The topological polar surface area (TPSA) is 12.9 Å². The van der Waals surface area contributed by atoms with Gasteiger partial charge in [0.25, 0.3) is 0 Å². The molecule has 1 heteroatoms. The largest absolute Gasteiger partial charge is 0.261 e. The van der Waals surface area contributed by atoms with Crippen molar-refractivity contribution in [1.29, 1.82) is 0 Å². The van der Waals surface area contributed by atoms with Gasteiger partial charge in [0.2, 0.25) is 0 Å². The maximum Gasteiger partial charge on any atom is 0.0454 e. The van der Waals surface area contributed by atoms with E-state index in [1.165, 1.54) is 11.1 Å². The fourth-order valence-corrected chi connectivity index (χ4v) is 0.693. The van der Waals surface area contributed by atoms with Gasteiger partial charge in [0.1, 0.15) is 0 Å². The van der Waals surface area contributed by atoms with Crippen LogP contribution in [0.5, 0.6) is 0 Å². The van der Waals surface area contributed by atoms with E-state index in [1.54, 1.807) is 0 Å². The lowest BCUT2D eigenvalue weighted by atomic mass is 10.2. The molecule has 0 spiro atoms. The quantitative estimate of drug-likeness (QED) is 0.508. The molecular formula is C8H10N. The Kier molecular flexibility index (Phi) is 1.52. The van der Waals surface area contributed by atoms with E-state index in [9.17, 15) is 0 Å². The van der Waals surface area contributed by atoms with Crippen LogP contribution in [0.15, 0.2) is 6.20 Å². The Hall–Kier alpha value is -0.850. The number of rotatable bonds is 0. The Morgan fingerprint density at radius 2 is 2.00 bits per heavy atom. The number of aromatic nitrogens is 1. The molecule has 47 valence electrons. The molecule has 0 bridgehead atoms. The van der Waals surface area contributed by atoms with E-state index in [0.29, 0.717) is 0 Å². The third-order valence-corrected chi connectivity index (χ3v) is 1.41. The molecule has 1 heterocycles. The Morgan fingerprint density at radius 3 is 2.44 bits per heavy atom. The molecule has 0 atom stereocenters. The first-order chi connectivity index (χ1) is 4.20. The number of pyridine rings is 1. The van der Waals surface area contributed by atoms with Gasteiger partial charge in [-0.05, 0) is 31.9 Å². The Labute approximate surface area is 55.7 Å². The highest BCUT2D eigenvalue weighted by molar-refractivity contribution is 5.21. The molecular weight excluding hydrogens is 110 g/mol. The van der Waals surface area contributed by atoms with Gasteiger partial charge in [0.15, 0.2) is 0 Å². The summed E-state index contributed by atoms with van der Waals surface area (Å²) in [5.74, 6) is 0. The summed E-state index contributed by atoms with van der Waals surface area (Å²) in [6.45, 7) is 6.04. The zero-order valence-corrected chi connectivity index (χ0v) is 6.02. The SMILES string of the molecule is Cc1[c]c(C)c(C)cn1. The van der Waals surface area contributed by atoms with Gasteiger partial charge in [-0.2, -0.15) is 0 Å². The average Bonchev–Trinajstić information content (AvgIpc) is 1.80. The minimum Gasteiger partial charge on any atom is -0.261 e. The molecule has 0 amide bonds. The van der Waals surface area contributed by atoms with Gasteiger partial charge < -0.3 is 0 Å². The van der Waals surface area contributed by atoms with E-state index in [4.69, 9.17) is 0 Å². The number of hydrogen-bond acceptors (Lipinski definition) is 1. The minimum absolute atomic E-state index is 0.970. The molecule has 0 aromatic carbocycles. The van der Waals surface area contributed by atoms with Crippen molar-refractivity contribution in [3.05, 3.63) is 29.1 Å². The zero-order chi connectivity index (χ0) is 6.85. The van der Waals surface area contributed by atoms with E-state index in [0.717, 1.165) is 5.69 Å². The summed E-state index contributed by atoms with van der Waals surface area (Å²) in [5.41, 5.74) is 3.38. The smallest absolute Gasteiger partial charge is 0.0454 e. The highest BCUT2D eigenvalue weighted by Crippen LogP contribution is 2.03. The van der Waals surface area contributed by atoms with Gasteiger partial charge in [-0.3, -0.25) is 4.98 Å². The second kappa shape index (κ2) is 2.18. The van der Waals surface area contributed by atoms with Gasteiger partial charge in [-0.1, -0.05) is 0 Å². The molecule has 0 aliphatic carbocycles. The van der Waals surface area contributed by atoms with Crippen LogP contribution in [0.4, 0.5) is 0 Å². The molecule has 0 saturated carbocycles. The molecule has 0 unspecified atom stereocenters. The van der Waals surface area contributed by atoms with E-state index in [1.807, 2.05) is 27.0 Å². The number of nitrogens with zero attached hydrogens (tertiary/aromatic N) is 1. The van der Waals surface area contributed by atoms with Crippen LogP contribution in [-0.2, 0) is 0 Å². The predicted molar refractivity (Wildman–Crippen MR) is 37.3 cm³/mol. The monoisotopic (exact) mass is 120 g/mol. The third kappa shape index (κ3) is 1.28. The van der Waals surface area contributed by atoms with Gasteiger partial charge >= 0.3 is 0 Å². The fraction of sp³-hybridized carbons (Fsp3) is 0.375. The molecule has 0 aliphatic rings. The van der Waals surface area contributed by atoms with Crippen molar-refractivity contribution < 1.29 is 0 Å². The summed E-state index contributed by atoms with van der Waals surface area (Å²) < 4.78 is 0. The van der Waals surface area contributed by atoms with E-state index >= 15 is 0 Å². The second-order valence-electron chi connectivity index (χ2n) is 2.28. The zero-order valence-electron chi connectivity index (χ0n) is 6.02. The highest BCUT2D eigenvalue weighted by Gasteiger charge is 1.91. The summed E-state index contributed by atoms with van der Waals surface area (Å²) in [6, 6.07) is 3.13. The summed E-state index contributed by atoms with van der Waals surface area (Å²) in [5, 5.41) is 0. The van der Waals surface area contributed by atoms with E-state index < -0.39 is 0 Å². The number of hydrogen-bond donors (Lipinski definition) is 0. The lowest BCUT2D eigenvalue weighted by molar-refractivity contribution is 1.13. The fourth-order valence-electron chi connectivity index (χ4n) is 0.693. The molecule has 1 aromatic heterocycles. The van der Waals surface area contributed by atoms with Crippen molar-refractivity contribution >= 4 is 0 Å². The van der Waals surface area contributed by atoms with Crippen LogP contribution >= 0.6 is 0 Å². The van der Waals surface area contributed by atoms with Crippen LogP contribution in [0, 0.1) is 26.8 Å². The summed E-state index contributed by atoms with van der Waals surface area (Å²) in [4.78, 5) is 4.08. The maximum absolute atomic E-state index is 4.08. The Morgan fingerprint density at radius 1 is 1.33 bits per heavy atom. The first-order valence-electron chi connectivity index (χ1n) is 3.02. The van der Waals surface area contributed by atoms with Gasteiger partial charge in [-0.25, -0.2) is 0 Å². The van der Waals surface area contributed by atoms with Crippen molar-refractivity contribution in [1.82, 2.24) is 4.98 Å². The van der Waals surface area contributed by atoms with Crippen molar-refractivity contribution in [2.24, 2.45) is 0 Å². The normalized spacial score (nSPS) is 9.67. The lowest BCUT2D eigenvalue weighted by Gasteiger charge is -1.96. The van der Waals surface area contributed by atoms with Crippen molar-refractivity contribution in [2.75, 3.05) is 0 Å². The molecule has 0 fully saturated rings. The van der Waals surface area contributed by atoms with Crippen LogP contribution < -0.4 is 0 Å². The molecule has 0 saturated heterocycles. The molecule has 1 rings (SSSR count). The van der Waals surface area contributed by atoms with Crippen LogP contribution in [0.1, 0.15) is 16.8 Å². The van der Waals surface area contributed by atoms with Crippen LogP contribution in [0.25, 0.3) is 0 Å². The Bertz CT molecular complexity index is 216. The van der Waals surface area contributed by atoms with Crippen LogP contribution in [0.3, 0.4) is 0 Å². The van der Waals surface area contributed by atoms with E-state index in [-0.39, 0.29) is 0 Å². The number of aryl methyl sites for hydroxylation is 3. The van der Waals surface area contributed by atoms with Crippen molar-refractivity contribution in [3.8, 4) is 0 Å². The maximum atomic E-state index is 4.08. The third-order valence-electron chi connectivity index (χ3n) is 1.41. The minimum atomic E-state index is 0.970. The van der Waals surface area contributed by atoms with Gasteiger partial charge in [0.05, 0.1) is 0 Å². The molecule has 1 nitrogen and oxygen atoms in total. The van der Waals surface area contributed by atoms with Crippen molar-refractivity contribution in [2.45, 2.75) is 20.8 Å². The summed E-state index contributed by atoms with van der Waals surface area (Å²) in [7, 11) is 0. The standard InChI is InChI=1S/C8H10N/c1-6-4-8(3)9-5-7(6)2/h5H,1-3H3. The van der Waals surface area contributed by atoms with Crippen LogP contribution in [-0.4, -0.2) is 4.98 Å². The molecule has 0 aliphatic heterocycles. The first-order valence-corrected chi connectivity index (χ1v) is 3.02. The van der Waals surface area contributed by atoms with Crippen LogP contribution in [0.2, 0.25) is 0 Å². The van der Waals surface area contributed by atoms with Crippen molar-refractivity contribution in [3.63, 3.8) is 0 Å². The Balaban J connectivity index is 3.17. The summed E-state index contributed by atoms with van der Waals surface area (Å²) in [6.07, 6.45) is 1.88. The molecule has 1 radical (unpaired) electrons. The first kappa shape index (κ1) is 6.27. The molecule has 9 heavy (non-hydrogen) atoms. The average molecular weight is 120 g/mol. The second-order valence-corrected chi connectivity index (χ2v) is 2.28. The predicted octanol–water partition coefficient (Wildman–Crippen LogP) is 1.81. The highest BCUT2D eigenvalue weighted by atomic mass is 14.7. The van der Waals surface area contributed by atoms with Gasteiger partial charge in [-0.15, -0.1) is 0 Å².